The van der Waals surface area contributed by atoms with Crippen molar-refractivity contribution >= 4 is 5.82 Å². The highest BCUT2D eigenvalue weighted by Gasteiger charge is 2.03. The van der Waals surface area contributed by atoms with Gasteiger partial charge in [-0.1, -0.05) is 6.92 Å². The summed E-state index contributed by atoms with van der Waals surface area (Å²) < 4.78 is 0. The minimum atomic E-state index is -0.252. The molecule has 72 valence electrons. The molecule has 1 heterocycles. The Hall–Kier alpha value is -1.36. The monoisotopic (exact) mass is 183 g/mol. The van der Waals surface area contributed by atoms with Crippen LogP contribution < -0.4 is 10.9 Å². The second-order valence-electron chi connectivity index (χ2n) is 2.74. The smallest absolute Gasteiger partial charge is 0.267 e. The zero-order valence-electron chi connectivity index (χ0n) is 7.45. The van der Waals surface area contributed by atoms with Crippen LogP contribution in [0.1, 0.15) is 13.3 Å². The number of aromatic amines is 1. The number of rotatable bonds is 4. The molecule has 5 nitrogen and oxygen atoms in total. The zero-order valence-corrected chi connectivity index (χ0v) is 7.45. The molecule has 0 aromatic carbocycles. The van der Waals surface area contributed by atoms with E-state index >= 15 is 0 Å². The highest BCUT2D eigenvalue weighted by atomic mass is 16.3. The summed E-state index contributed by atoms with van der Waals surface area (Å²) in [5.74, 6) is 0.536. The molecule has 0 saturated carbocycles. The van der Waals surface area contributed by atoms with E-state index in [1.807, 2.05) is 6.92 Å². The summed E-state index contributed by atoms with van der Waals surface area (Å²) in [7, 11) is 0. The van der Waals surface area contributed by atoms with Gasteiger partial charge in [-0.2, -0.15) is 0 Å². The number of anilines is 1. The van der Waals surface area contributed by atoms with Gasteiger partial charge in [0, 0.05) is 0 Å². The Labute approximate surface area is 75.8 Å². The zero-order chi connectivity index (χ0) is 9.68. The molecule has 0 aliphatic carbocycles. The second kappa shape index (κ2) is 4.61. The predicted molar refractivity (Wildman–Crippen MR) is 49.6 cm³/mol. The average molecular weight is 183 g/mol. The number of nitrogens with one attached hydrogen (secondary N) is 2. The molecule has 1 aromatic heterocycles. The minimum absolute atomic E-state index is 0.0351. The van der Waals surface area contributed by atoms with Crippen LogP contribution in [0.25, 0.3) is 0 Å². The van der Waals surface area contributed by atoms with Crippen LogP contribution in [0.5, 0.6) is 0 Å². The van der Waals surface area contributed by atoms with Crippen molar-refractivity contribution in [3.63, 3.8) is 0 Å². The molecule has 5 heteroatoms. The molecule has 0 amide bonds. The molecule has 3 N–H and O–H groups in total. The fourth-order valence-electron chi connectivity index (χ4n) is 0.947. The van der Waals surface area contributed by atoms with Crippen LogP contribution in [0.15, 0.2) is 17.2 Å². The van der Waals surface area contributed by atoms with Crippen molar-refractivity contribution in [2.24, 2.45) is 0 Å². The summed E-state index contributed by atoms with van der Waals surface area (Å²) in [4.78, 5) is 17.1. The highest BCUT2D eigenvalue weighted by Crippen LogP contribution is 2.00. The van der Waals surface area contributed by atoms with Gasteiger partial charge in [-0.15, -0.1) is 0 Å². The number of aliphatic hydroxyl groups is 1. The lowest BCUT2D eigenvalue weighted by atomic mass is 10.2. The van der Waals surface area contributed by atoms with Crippen molar-refractivity contribution in [2.75, 3.05) is 11.9 Å². The molecule has 1 atom stereocenters. The lowest BCUT2D eigenvalue weighted by molar-refractivity contribution is 0.271. The van der Waals surface area contributed by atoms with Crippen LogP contribution in [0, 0.1) is 0 Å². The lowest BCUT2D eigenvalue weighted by Gasteiger charge is -2.13. The molecule has 0 spiro atoms. The molecule has 0 aliphatic rings. The van der Waals surface area contributed by atoms with Crippen LogP contribution >= 0.6 is 0 Å². The molecule has 1 unspecified atom stereocenters. The van der Waals surface area contributed by atoms with Crippen molar-refractivity contribution < 1.29 is 5.11 Å². The maximum atomic E-state index is 10.8. The van der Waals surface area contributed by atoms with Crippen LogP contribution in [-0.2, 0) is 0 Å². The van der Waals surface area contributed by atoms with Gasteiger partial charge in [0.05, 0.1) is 25.0 Å². The maximum absolute atomic E-state index is 10.8. The Balaban J connectivity index is 2.68. The molecule has 0 radical (unpaired) electrons. The Kier molecular flexibility index (Phi) is 3.45. The van der Waals surface area contributed by atoms with E-state index in [1.165, 1.54) is 12.4 Å². The molecule has 0 fully saturated rings. The van der Waals surface area contributed by atoms with Crippen molar-refractivity contribution in [1.82, 2.24) is 9.97 Å². The summed E-state index contributed by atoms with van der Waals surface area (Å²) in [5, 5.41) is 11.8. The standard InChI is InChI=1S/C8H13N3O2/c1-2-6(5-12)10-7-3-9-4-8(13)11-7/h3-4,6,12H,2,5H2,1H3,(H2,10,11,13). The molecule has 0 aliphatic heterocycles. The summed E-state index contributed by atoms with van der Waals surface area (Å²) >= 11 is 0. The van der Waals surface area contributed by atoms with E-state index in [-0.39, 0.29) is 18.2 Å². The Bertz CT molecular complexity index is 306. The van der Waals surface area contributed by atoms with Gasteiger partial charge in [0.15, 0.2) is 0 Å². The number of aromatic nitrogens is 2. The minimum Gasteiger partial charge on any atom is -0.394 e. The highest BCUT2D eigenvalue weighted by molar-refractivity contribution is 5.31. The van der Waals surface area contributed by atoms with Gasteiger partial charge in [0.1, 0.15) is 5.82 Å². The van der Waals surface area contributed by atoms with Crippen molar-refractivity contribution in [3.05, 3.63) is 22.7 Å². The molecule has 1 aromatic rings. The fourth-order valence-corrected chi connectivity index (χ4v) is 0.947. The first-order valence-electron chi connectivity index (χ1n) is 4.18. The van der Waals surface area contributed by atoms with Crippen LogP contribution in [0.3, 0.4) is 0 Å². The van der Waals surface area contributed by atoms with E-state index in [1.54, 1.807) is 0 Å². The van der Waals surface area contributed by atoms with Crippen molar-refractivity contribution in [3.8, 4) is 0 Å². The van der Waals surface area contributed by atoms with Crippen LogP contribution in [0.4, 0.5) is 5.82 Å². The van der Waals surface area contributed by atoms with Gasteiger partial charge in [-0.25, -0.2) is 0 Å². The van der Waals surface area contributed by atoms with Crippen LogP contribution in [-0.4, -0.2) is 27.7 Å². The lowest BCUT2D eigenvalue weighted by Crippen LogP contribution is -2.24. The summed E-state index contributed by atoms with van der Waals surface area (Å²) in [6, 6.07) is -0.0418. The van der Waals surface area contributed by atoms with Crippen molar-refractivity contribution in [2.45, 2.75) is 19.4 Å². The molecular weight excluding hydrogens is 170 g/mol. The predicted octanol–water partition coefficient (Wildman–Crippen LogP) is -0.0473. The quantitative estimate of drug-likeness (QED) is 0.611. The van der Waals surface area contributed by atoms with E-state index in [0.717, 1.165) is 6.42 Å². The number of hydrogen-bond donors (Lipinski definition) is 3. The van der Waals surface area contributed by atoms with Gasteiger partial charge in [-0.05, 0) is 6.42 Å². The van der Waals surface area contributed by atoms with E-state index in [4.69, 9.17) is 5.11 Å². The number of H-pyrrole nitrogens is 1. The van der Waals surface area contributed by atoms with E-state index in [2.05, 4.69) is 15.3 Å². The summed E-state index contributed by atoms with van der Waals surface area (Å²) in [6.45, 7) is 1.98. The van der Waals surface area contributed by atoms with Gasteiger partial charge < -0.3 is 15.4 Å². The first-order valence-corrected chi connectivity index (χ1v) is 4.18. The number of hydrogen-bond acceptors (Lipinski definition) is 4. The third kappa shape index (κ3) is 2.87. The molecule has 0 saturated heterocycles. The van der Waals surface area contributed by atoms with E-state index in [0.29, 0.717) is 5.82 Å². The van der Waals surface area contributed by atoms with Gasteiger partial charge in [-0.3, -0.25) is 9.78 Å². The van der Waals surface area contributed by atoms with Gasteiger partial charge in [0.25, 0.3) is 5.56 Å². The molecule has 0 bridgehead atoms. The normalized spacial score (nSPS) is 12.5. The molecule has 13 heavy (non-hydrogen) atoms. The fraction of sp³-hybridized carbons (Fsp3) is 0.500. The second-order valence-corrected chi connectivity index (χ2v) is 2.74. The van der Waals surface area contributed by atoms with Gasteiger partial charge in [0.2, 0.25) is 0 Å². The SMILES string of the molecule is CCC(CO)Nc1cncc(=O)[nH]1. The largest absolute Gasteiger partial charge is 0.394 e. The van der Waals surface area contributed by atoms with Gasteiger partial charge >= 0.3 is 0 Å². The third-order valence-electron chi connectivity index (χ3n) is 1.73. The Morgan fingerprint density at radius 1 is 1.69 bits per heavy atom. The van der Waals surface area contributed by atoms with Crippen LogP contribution in [0.2, 0.25) is 0 Å². The first-order chi connectivity index (χ1) is 6.26. The van der Waals surface area contributed by atoms with E-state index < -0.39 is 0 Å². The third-order valence-corrected chi connectivity index (χ3v) is 1.73. The number of nitrogens with zero attached hydrogens (tertiary/aromatic N) is 1. The van der Waals surface area contributed by atoms with Crippen molar-refractivity contribution in [1.29, 1.82) is 0 Å². The topological polar surface area (TPSA) is 78.0 Å². The maximum Gasteiger partial charge on any atom is 0.267 e. The molecule has 1 rings (SSSR count). The van der Waals surface area contributed by atoms with E-state index in [9.17, 15) is 4.79 Å². The number of aliphatic hydroxyl groups excluding tert-OH is 1. The first kappa shape index (κ1) is 9.73. The summed E-state index contributed by atoms with van der Waals surface area (Å²) in [6.07, 6.45) is 3.50. The molecular formula is C8H13N3O2. The average Bonchev–Trinajstić information content (AvgIpc) is 2.14. The Morgan fingerprint density at radius 2 is 2.46 bits per heavy atom. The summed E-state index contributed by atoms with van der Waals surface area (Å²) in [5.41, 5.74) is -0.252. The Morgan fingerprint density at radius 3 is 3.00 bits per heavy atom.